The molecule has 0 aliphatic carbocycles. The van der Waals surface area contributed by atoms with E-state index in [1.54, 1.807) is 30.3 Å². The monoisotopic (exact) mass is 403 g/mol. The van der Waals surface area contributed by atoms with Gasteiger partial charge < -0.3 is 9.47 Å². The molecule has 1 amide bonds. The third-order valence-corrected chi connectivity index (χ3v) is 3.80. The van der Waals surface area contributed by atoms with E-state index in [1.165, 1.54) is 6.07 Å². The summed E-state index contributed by atoms with van der Waals surface area (Å²) < 4.78 is 10.6. The van der Waals surface area contributed by atoms with E-state index in [-0.39, 0.29) is 13.2 Å². The quantitative estimate of drug-likeness (QED) is 0.650. The highest BCUT2D eigenvalue weighted by molar-refractivity contribution is 6.35. The minimum absolute atomic E-state index is 0.152. The van der Waals surface area contributed by atoms with Gasteiger partial charge in [0.1, 0.15) is 11.5 Å². The number of hydrogen-bond acceptors (Lipinski definition) is 4. The number of benzene rings is 2. The summed E-state index contributed by atoms with van der Waals surface area (Å²) in [5.74, 6) is 0.507. The summed E-state index contributed by atoms with van der Waals surface area (Å²) in [5, 5.41) is 1.29. The molecule has 2 aromatic carbocycles. The number of ether oxygens (including phenoxy) is 2. The number of rotatable bonds is 8. The van der Waals surface area contributed by atoms with E-state index in [4.69, 9.17) is 49.1 Å². The summed E-state index contributed by atoms with van der Waals surface area (Å²) in [5.41, 5.74) is 3.07. The van der Waals surface area contributed by atoms with Crippen molar-refractivity contribution in [1.29, 1.82) is 0 Å². The topological polar surface area (TPSA) is 56.8 Å². The van der Waals surface area contributed by atoms with E-state index in [0.717, 1.165) is 5.56 Å². The second-order valence-corrected chi connectivity index (χ2v) is 6.13. The van der Waals surface area contributed by atoms with Crippen LogP contribution >= 0.6 is 34.8 Å². The first-order valence-electron chi connectivity index (χ1n) is 7.39. The molecule has 0 atom stereocenters. The van der Waals surface area contributed by atoms with Crippen LogP contribution in [0.4, 0.5) is 0 Å². The lowest BCUT2D eigenvalue weighted by Crippen LogP contribution is -2.29. The lowest BCUT2D eigenvalue weighted by molar-refractivity contribution is -0.136. The molecule has 2 aromatic rings. The highest BCUT2D eigenvalue weighted by Crippen LogP contribution is 2.27. The molecule has 0 saturated carbocycles. The number of halogens is 3. The fourth-order valence-electron chi connectivity index (χ4n) is 1.87. The van der Waals surface area contributed by atoms with E-state index in [9.17, 15) is 4.79 Å². The fourth-order valence-corrected chi connectivity index (χ4v) is 2.59. The second-order valence-electron chi connectivity index (χ2n) is 4.88. The van der Waals surface area contributed by atoms with Crippen molar-refractivity contribution < 1.29 is 19.1 Å². The van der Waals surface area contributed by atoms with Gasteiger partial charge in [0.2, 0.25) is 0 Å². The molecule has 5 nitrogen and oxygen atoms in total. The van der Waals surface area contributed by atoms with Crippen molar-refractivity contribution in [3.05, 3.63) is 57.0 Å². The zero-order valence-electron chi connectivity index (χ0n) is 13.4. The molecule has 0 unspecified atom stereocenters. The summed E-state index contributed by atoms with van der Waals surface area (Å²) in [6.07, 6.45) is 0. The van der Waals surface area contributed by atoms with Gasteiger partial charge in [-0.05, 0) is 42.8 Å². The lowest BCUT2D eigenvalue weighted by Gasteiger charge is -2.10. The maximum atomic E-state index is 11.7. The molecule has 0 aliphatic rings. The summed E-state index contributed by atoms with van der Waals surface area (Å²) in [6.45, 7) is 2.32. The molecule has 8 heteroatoms. The lowest BCUT2D eigenvalue weighted by atomic mass is 10.2. The molecule has 0 aromatic heterocycles. The van der Waals surface area contributed by atoms with Crippen molar-refractivity contribution >= 4 is 40.7 Å². The zero-order valence-corrected chi connectivity index (χ0v) is 15.6. The van der Waals surface area contributed by atoms with Crippen LogP contribution in [0.15, 0.2) is 36.4 Å². The molecule has 0 bridgehead atoms. The van der Waals surface area contributed by atoms with Gasteiger partial charge in [-0.1, -0.05) is 40.9 Å². The van der Waals surface area contributed by atoms with Crippen LogP contribution in [0.3, 0.4) is 0 Å². The zero-order chi connectivity index (χ0) is 18.2. The predicted molar refractivity (Wildman–Crippen MR) is 97.5 cm³/mol. The standard InChI is InChI=1S/C17H16Cl3NO4/c1-2-23-15-5-3-11(7-13(15)19)9-25-21-17(22)10-24-16-6-4-12(18)8-14(16)20/h3-8H,2,9-10H2,1H3,(H,21,22). The first-order valence-corrected chi connectivity index (χ1v) is 8.52. The average Bonchev–Trinajstić information content (AvgIpc) is 2.56. The van der Waals surface area contributed by atoms with Gasteiger partial charge in [0, 0.05) is 5.02 Å². The Labute approximate surface area is 160 Å². The minimum atomic E-state index is -0.456. The van der Waals surface area contributed by atoms with Crippen LogP contribution in [0.1, 0.15) is 12.5 Å². The van der Waals surface area contributed by atoms with Gasteiger partial charge in [0.15, 0.2) is 6.61 Å². The number of amides is 1. The Bertz CT molecular complexity index is 740. The van der Waals surface area contributed by atoms with Crippen molar-refractivity contribution in [1.82, 2.24) is 5.48 Å². The van der Waals surface area contributed by atoms with Crippen LogP contribution in [-0.4, -0.2) is 19.1 Å². The van der Waals surface area contributed by atoms with Crippen LogP contribution in [0.25, 0.3) is 0 Å². The fraction of sp³-hybridized carbons (Fsp3) is 0.235. The van der Waals surface area contributed by atoms with Crippen LogP contribution in [-0.2, 0) is 16.2 Å². The Morgan fingerprint density at radius 2 is 1.68 bits per heavy atom. The number of hydrogen-bond donors (Lipinski definition) is 1. The summed E-state index contributed by atoms with van der Waals surface area (Å²) >= 11 is 17.8. The van der Waals surface area contributed by atoms with Gasteiger partial charge in [0.05, 0.1) is 23.3 Å². The van der Waals surface area contributed by atoms with E-state index < -0.39 is 5.91 Å². The SMILES string of the molecule is CCOc1ccc(CONC(=O)COc2ccc(Cl)cc2Cl)cc1Cl. The summed E-state index contributed by atoms with van der Waals surface area (Å²) in [7, 11) is 0. The number of nitrogens with one attached hydrogen (secondary N) is 1. The average molecular weight is 405 g/mol. The molecular weight excluding hydrogens is 389 g/mol. The number of hydroxylamine groups is 1. The van der Waals surface area contributed by atoms with Gasteiger partial charge in [0.25, 0.3) is 5.91 Å². The van der Waals surface area contributed by atoms with Gasteiger partial charge in [-0.2, -0.15) is 0 Å². The van der Waals surface area contributed by atoms with E-state index in [0.29, 0.717) is 33.2 Å². The first kappa shape index (κ1) is 19.7. The maximum absolute atomic E-state index is 11.7. The minimum Gasteiger partial charge on any atom is -0.492 e. The molecule has 1 N–H and O–H groups in total. The van der Waals surface area contributed by atoms with E-state index >= 15 is 0 Å². The number of carbonyl (C=O) groups excluding carboxylic acids is 1. The van der Waals surface area contributed by atoms with Crippen molar-refractivity contribution in [3.63, 3.8) is 0 Å². The van der Waals surface area contributed by atoms with Gasteiger partial charge in [-0.3, -0.25) is 9.63 Å². The summed E-state index contributed by atoms with van der Waals surface area (Å²) in [6, 6.07) is 9.99. The van der Waals surface area contributed by atoms with Gasteiger partial charge in [-0.25, -0.2) is 5.48 Å². The maximum Gasteiger partial charge on any atom is 0.281 e. The molecule has 0 fully saturated rings. The van der Waals surface area contributed by atoms with Crippen molar-refractivity contribution in [2.75, 3.05) is 13.2 Å². The first-order chi connectivity index (χ1) is 12.0. The molecule has 0 heterocycles. The molecule has 0 spiro atoms. The molecule has 0 aliphatic heterocycles. The molecular formula is C17H16Cl3NO4. The van der Waals surface area contributed by atoms with Crippen LogP contribution < -0.4 is 15.0 Å². The van der Waals surface area contributed by atoms with Crippen LogP contribution in [0.5, 0.6) is 11.5 Å². The predicted octanol–water partition coefficient (Wildman–Crippen LogP) is 4.67. The highest BCUT2D eigenvalue weighted by atomic mass is 35.5. The highest BCUT2D eigenvalue weighted by Gasteiger charge is 2.07. The molecule has 2 rings (SSSR count). The van der Waals surface area contributed by atoms with E-state index in [1.807, 2.05) is 6.92 Å². The Hall–Kier alpha value is -1.66. The van der Waals surface area contributed by atoms with Crippen LogP contribution in [0.2, 0.25) is 15.1 Å². The third-order valence-electron chi connectivity index (χ3n) is 2.97. The Balaban J connectivity index is 1.76. The van der Waals surface area contributed by atoms with E-state index in [2.05, 4.69) is 5.48 Å². The largest absolute Gasteiger partial charge is 0.492 e. The molecule has 25 heavy (non-hydrogen) atoms. The second kappa shape index (κ2) is 9.73. The third kappa shape index (κ3) is 6.29. The molecule has 0 saturated heterocycles. The smallest absolute Gasteiger partial charge is 0.281 e. The van der Waals surface area contributed by atoms with Gasteiger partial charge >= 0.3 is 0 Å². The van der Waals surface area contributed by atoms with Crippen molar-refractivity contribution in [2.24, 2.45) is 0 Å². The van der Waals surface area contributed by atoms with Crippen molar-refractivity contribution in [2.45, 2.75) is 13.5 Å². The number of carbonyl (C=O) groups is 1. The summed E-state index contributed by atoms with van der Waals surface area (Å²) in [4.78, 5) is 16.9. The normalized spacial score (nSPS) is 10.4. The Kier molecular flexibility index (Phi) is 7.65. The van der Waals surface area contributed by atoms with Gasteiger partial charge in [-0.15, -0.1) is 0 Å². The Morgan fingerprint density at radius 3 is 2.36 bits per heavy atom. The van der Waals surface area contributed by atoms with Crippen LogP contribution in [0, 0.1) is 0 Å². The molecule has 134 valence electrons. The molecule has 0 radical (unpaired) electrons. The van der Waals surface area contributed by atoms with Crippen molar-refractivity contribution in [3.8, 4) is 11.5 Å². The Morgan fingerprint density at radius 1 is 1.00 bits per heavy atom.